The molecule has 0 radical (unpaired) electrons. The number of halogens is 3. The first-order chi connectivity index (χ1) is 26.7. The number of allylic oxidation sites excluding steroid dienone is 4. The highest BCUT2D eigenvalue weighted by Crippen LogP contribution is 2.55. The standard InChI is InChI=1S/C44H41F3N6O3/c1-42(2)19-27-34(29(54)21-42)32(24-13-7-5-8-14-24)37-39(44(45,46)47)53(52-41(37)49-27)23-43(3)20-28-35(30(55)22-43)33(26-17-11-12-18-31(26)56-4)36-38(50-51-40(36)48-28)25-15-9-6-10-16-25/h5-18,32-33H,19-23H2,1-4H3,(H,49,52)(H2,48,50,51). The molecule has 0 spiro atoms. The molecule has 12 heteroatoms. The van der Waals surface area contributed by atoms with E-state index in [4.69, 9.17) is 4.74 Å². The number of benzene rings is 3. The largest absolute Gasteiger partial charge is 0.496 e. The maximum Gasteiger partial charge on any atom is 0.433 e. The number of ether oxygens (including phenoxy) is 1. The van der Waals surface area contributed by atoms with Crippen molar-refractivity contribution in [2.24, 2.45) is 10.8 Å². The van der Waals surface area contributed by atoms with Crippen LogP contribution >= 0.6 is 0 Å². The number of nitrogens with one attached hydrogen (secondary N) is 3. The number of ketones is 2. The van der Waals surface area contributed by atoms with Gasteiger partial charge < -0.3 is 15.4 Å². The lowest BCUT2D eigenvalue weighted by atomic mass is 9.67. The van der Waals surface area contributed by atoms with Crippen LogP contribution in [-0.4, -0.2) is 38.7 Å². The van der Waals surface area contributed by atoms with Crippen molar-refractivity contribution in [3.63, 3.8) is 0 Å². The molecule has 3 atom stereocenters. The second kappa shape index (κ2) is 12.8. The molecule has 9 rings (SSSR count). The normalized spacial score (nSPS) is 22.8. The molecular formula is C44H41F3N6O3. The summed E-state index contributed by atoms with van der Waals surface area (Å²) in [5, 5.41) is 19.1. The van der Waals surface area contributed by atoms with Gasteiger partial charge in [-0.05, 0) is 40.9 Å². The Balaban J connectivity index is 1.15. The van der Waals surface area contributed by atoms with Gasteiger partial charge in [-0.3, -0.25) is 19.4 Å². The van der Waals surface area contributed by atoms with Crippen LogP contribution in [-0.2, 0) is 22.3 Å². The lowest BCUT2D eigenvalue weighted by Crippen LogP contribution is -2.38. The third kappa shape index (κ3) is 5.84. The van der Waals surface area contributed by atoms with Crippen molar-refractivity contribution in [1.29, 1.82) is 0 Å². The van der Waals surface area contributed by atoms with Crippen LogP contribution in [0.1, 0.15) is 86.2 Å². The fourth-order valence-electron chi connectivity index (χ4n) is 9.51. The Morgan fingerprint density at radius 2 is 1.39 bits per heavy atom. The first-order valence-electron chi connectivity index (χ1n) is 18.8. The fraction of sp³-hybridized carbons (Fsp3) is 0.318. The number of rotatable bonds is 6. The van der Waals surface area contributed by atoms with Crippen molar-refractivity contribution in [3.05, 3.63) is 135 Å². The number of fused-ring (bicyclic) bond motifs is 2. The van der Waals surface area contributed by atoms with Gasteiger partial charge in [0.15, 0.2) is 23.2 Å². The van der Waals surface area contributed by atoms with Crippen LogP contribution in [0.3, 0.4) is 0 Å². The maximum absolute atomic E-state index is 15.5. The summed E-state index contributed by atoms with van der Waals surface area (Å²) in [7, 11) is 1.59. The molecule has 286 valence electrons. The van der Waals surface area contributed by atoms with E-state index in [-0.39, 0.29) is 54.2 Å². The number of para-hydroxylation sites is 1. The minimum atomic E-state index is -4.82. The number of Topliss-reactive ketones (excluding diaryl/α,β-unsaturated/α-hetero) is 2. The fourth-order valence-corrected chi connectivity index (χ4v) is 9.51. The number of alkyl halides is 3. The topological polar surface area (TPSA) is 114 Å². The molecule has 56 heavy (non-hydrogen) atoms. The molecular weight excluding hydrogens is 718 g/mol. The Morgan fingerprint density at radius 1 is 0.768 bits per heavy atom. The maximum atomic E-state index is 15.5. The molecule has 3 N–H and O–H groups in total. The summed E-state index contributed by atoms with van der Waals surface area (Å²) in [6, 6.07) is 26.2. The third-order valence-electron chi connectivity index (χ3n) is 11.7. The predicted molar refractivity (Wildman–Crippen MR) is 206 cm³/mol. The van der Waals surface area contributed by atoms with Gasteiger partial charge >= 0.3 is 6.18 Å². The number of hydrogen-bond acceptors (Lipinski definition) is 7. The lowest BCUT2D eigenvalue weighted by Gasteiger charge is -2.40. The van der Waals surface area contributed by atoms with Gasteiger partial charge in [0.05, 0.1) is 12.8 Å². The smallest absolute Gasteiger partial charge is 0.433 e. The van der Waals surface area contributed by atoms with Crippen molar-refractivity contribution in [2.75, 3.05) is 17.7 Å². The summed E-state index contributed by atoms with van der Waals surface area (Å²) in [6.45, 7) is 5.61. The van der Waals surface area contributed by atoms with Gasteiger partial charge in [0.2, 0.25) is 0 Å². The number of carbonyl (C=O) groups excluding carboxylic acids is 2. The SMILES string of the molecule is COc1ccccc1C1C2=C(CC(C)(Cn3nc4c(c3C(F)(F)F)C(c3ccccc3)C3=C(CC(C)(C)CC3=O)N4)CC2=O)Nc2n[nH]c(-c3ccccc3)c21. The number of carbonyl (C=O) groups is 2. The van der Waals surface area contributed by atoms with E-state index in [1.165, 1.54) is 0 Å². The van der Waals surface area contributed by atoms with E-state index >= 15 is 13.2 Å². The number of aromatic amines is 1. The molecule has 0 saturated carbocycles. The number of H-pyrrole nitrogens is 1. The van der Waals surface area contributed by atoms with E-state index in [2.05, 4.69) is 25.9 Å². The average Bonchev–Trinajstić information content (AvgIpc) is 3.74. The van der Waals surface area contributed by atoms with Crippen LogP contribution in [0.4, 0.5) is 24.8 Å². The van der Waals surface area contributed by atoms with Gasteiger partial charge in [-0.2, -0.15) is 23.4 Å². The van der Waals surface area contributed by atoms with E-state index in [0.717, 1.165) is 27.1 Å². The van der Waals surface area contributed by atoms with Crippen LogP contribution < -0.4 is 15.4 Å². The highest BCUT2D eigenvalue weighted by atomic mass is 19.4. The molecule has 4 heterocycles. The molecule has 0 bridgehead atoms. The Bertz CT molecular complexity index is 2480. The molecule has 9 nitrogen and oxygen atoms in total. The molecule has 2 aliphatic heterocycles. The highest BCUT2D eigenvalue weighted by Gasteiger charge is 2.51. The molecule has 2 aliphatic carbocycles. The van der Waals surface area contributed by atoms with Crippen LogP contribution in [0, 0.1) is 10.8 Å². The second-order valence-corrected chi connectivity index (χ2v) is 16.6. The minimum Gasteiger partial charge on any atom is -0.496 e. The van der Waals surface area contributed by atoms with Crippen molar-refractivity contribution in [2.45, 2.75) is 71.0 Å². The van der Waals surface area contributed by atoms with E-state index in [9.17, 15) is 9.59 Å². The van der Waals surface area contributed by atoms with Crippen molar-refractivity contribution in [3.8, 4) is 17.0 Å². The van der Waals surface area contributed by atoms with Crippen LogP contribution in [0.5, 0.6) is 5.75 Å². The Labute approximate surface area is 322 Å². The zero-order valence-corrected chi connectivity index (χ0v) is 31.5. The van der Waals surface area contributed by atoms with Gasteiger partial charge in [0.25, 0.3) is 0 Å². The van der Waals surface area contributed by atoms with Gasteiger partial charge in [0, 0.05) is 70.5 Å². The average molecular weight is 759 g/mol. The van der Waals surface area contributed by atoms with Gasteiger partial charge in [-0.1, -0.05) is 99.6 Å². The monoisotopic (exact) mass is 758 g/mol. The lowest BCUT2D eigenvalue weighted by molar-refractivity contribution is -0.145. The first-order valence-corrected chi connectivity index (χ1v) is 18.8. The molecule has 4 aliphatic rings. The van der Waals surface area contributed by atoms with Crippen molar-refractivity contribution < 1.29 is 27.5 Å². The number of hydrogen-bond donors (Lipinski definition) is 3. The van der Waals surface area contributed by atoms with E-state index in [1.54, 1.807) is 37.4 Å². The van der Waals surface area contributed by atoms with Gasteiger partial charge in [0.1, 0.15) is 11.4 Å². The Morgan fingerprint density at radius 3 is 2.11 bits per heavy atom. The number of aromatic nitrogens is 4. The minimum absolute atomic E-state index is 0.0220. The zero-order valence-electron chi connectivity index (χ0n) is 31.5. The molecule has 0 saturated heterocycles. The number of anilines is 2. The van der Waals surface area contributed by atoms with Crippen molar-refractivity contribution >= 4 is 23.2 Å². The molecule has 0 amide bonds. The van der Waals surface area contributed by atoms with E-state index < -0.39 is 29.1 Å². The third-order valence-corrected chi connectivity index (χ3v) is 11.7. The van der Waals surface area contributed by atoms with E-state index in [0.29, 0.717) is 46.1 Å². The van der Waals surface area contributed by atoms with E-state index in [1.807, 2.05) is 75.4 Å². The summed E-state index contributed by atoms with van der Waals surface area (Å²) < 4.78 is 53.5. The van der Waals surface area contributed by atoms with Gasteiger partial charge in [-0.15, -0.1) is 0 Å². The molecule has 3 unspecified atom stereocenters. The molecule has 5 aromatic rings. The van der Waals surface area contributed by atoms with Gasteiger partial charge in [-0.25, -0.2) is 0 Å². The molecule has 0 fully saturated rings. The predicted octanol–water partition coefficient (Wildman–Crippen LogP) is 9.38. The summed E-state index contributed by atoms with van der Waals surface area (Å²) in [4.78, 5) is 28.5. The highest BCUT2D eigenvalue weighted by molar-refractivity contribution is 6.03. The van der Waals surface area contributed by atoms with Crippen LogP contribution in [0.2, 0.25) is 0 Å². The summed E-state index contributed by atoms with van der Waals surface area (Å²) in [5.41, 5.74) is 3.60. The van der Waals surface area contributed by atoms with Crippen LogP contribution in [0.25, 0.3) is 11.3 Å². The summed E-state index contributed by atoms with van der Waals surface area (Å²) >= 11 is 0. The Kier molecular flexibility index (Phi) is 8.19. The van der Waals surface area contributed by atoms with Crippen molar-refractivity contribution in [1.82, 2.24) is 20.0 Å². The first kappa shape index (κ1) is 35.8. The molecule has 3 aromatic carbocycles. The number of methoxy groups -OCH3 is 1. The number of nitrogens with zero attached hydrogens (tertiary/aromatic N) is 3. The zero-order chi connectivity index (χ0) is 39.1. The summed E-state index contributed by atoms with van der Waals surface area (Å²) in [6.07, 6.45) is -3.86. The summed E-state index contributed by atoms with van der Waals surface area (Å²) in [5.74, 6) is -0.628. The quantitative estimate of drug-likeness (QED) is 0.158. The Hall–Kier alpha value is -5.91. The molecule has 2 aromatic heterocycles. The second-order valence-electron chi connectivity index (χ2n) is 16.6. The van der Waals surface area contributed by atoms with Crippen LogP contribution in [0.15, 0.2) is 107 Å².